The summed E-state index contributed by atoms with van der Waals surface area (Å²) in [6, 6.07) is 0. The molecule has 0 amide bonds. The van der Waals surface area contributed by atoms with Gasteiger partial charge in [-0.2, -0.15) is 12.7 Å². The Morgan fingerprint density at radius 1 is 1.55 bits per heavy atom. The van der Waals surface area contributed by atoms with Gasteiger partial charge < -0.3 is 0 Å². The van der Waals surface area contributed by atoms with Crippen LogP contribution in [-0.4, -0.2) is 26.3 Å². The first-order valence-electron chi connectivity index (χ1n) is 3.48. The lowest BCUT2D eigenvalue weighted by Gasteiger charge is -2.14. The van der Waals surface area contributed by atoms with Gasteiger partial charge in [-0.1, -0.05) is 13.3 Å². The number of hydrogen-bond acceptors (Lipinski definition) is 3. The van der Waals surface area contributed by atoms with Crippen molar-refractivity contribution in [1.82, 2.24) is 9.14 Å². The molecule has 0 aromatic carbocycles. The van der Waals surface area contributed by atoms with Crippen molar-refractivity contribution in [3.63, 3.8) is 0 Å². The summed E-state index contributed by atoms with van der Waals surface area (Å²) in [5, 5.41) is 0. The molecule has 0 atom stereocenters. The highest BCUT2D eigenvalue weighted by Gasteiger charge is 2.13. The number of unbranched alkanes of at least 4 members (excludes halogenated alkanes) is 1. The van der Waals surface area contributed by atoms with Gasteiger partial charge in [0.15, 0.2) is 0 Å². The van der Waals surface area contributed by atoms with Crippen molar-refractivity contribution in [3.05, 3.63) is 0 Å². The molecule has 68 valence electrons. The molecule has 0 spiro atoms. The predicted octanol–water partition coefficient (Wildman–Crippen LogP) is -0.574. The van der Waals surface area contributed by atoms with Gasteiger partial charge in [-0.15, -0.1) is 4.83 Å². The zero-order valence-corrected chi connectivity index (χ0v) is 7.69. The SMILES string of the molecule is CCCCN(C)S(=O)(=O)NN. The number of nitrogens with zero attached hydrogens (tertiary/aromatic N) is 1. The van der Waals surface area contributed by atoms with Crippen LogP contribution in [0.3, 0.4) is 0 Å². The standard InChI is InChI=1S/C5H15N3O2S/c1-3-4-5-8(2)11(9,10)7-6/h7H,3-6H2,1-2H3. The Bertz CT molecular complexity index is 190. The van der Waals surface area contributed by atoms with E-state index in [-0.39, 0.29) is 0 Å². The second-order valence-corrected chi connectivity index (χ2v) is 4.11. The molecule has 0 aliphatic heterocycles. The third-order valence-electron chi connectivity index (χ3n) is 1.39. The molecule has 0 unspecified atom stereocenters. The molecule has 0 bridgehead atoms. The molecule has 6 heteroatoms. The van der Waals surface area contributed by atoms with E-state index in [0.29, 0.717) is 6.54 Å². The number of hydrogen-bond donors (Lipinski definition) is 2. The molecule has 0 aliphatic rings. The van der Waals surface area contributed by atoms with Crippen LogP contribution in [-0.2, 0) is 10.2 Å². The summed E-state index contributed by atoms with van der Waals surface area (Å²) in [6.07, 6.45) is 1.81. The topological polar surface area (TPSA) is 75.4 Å². The highest BCUT2D eigenvalue weighted by atomic mass is 32.2. The van der Waals surface area contributed by atoms with E-state index in [2.05, 4.69) is 0 Å². The lowest BCUT2D eigenvalue weighted by atomic mass is 10.3. The molecule has 3 N–H and O–H groups in total. The largest absolute Gasteiger partial charge is 0.291 e. The van der Waals surface area contributed by atoms with Crippen molar-refractivity contribution in [1.29, 1.82) is 0 Å². The zero-order chi connectivity index (χ0) is 8.91. The minimum absolute atomic E-state index is 0.503. The fraction of sp³-hybridized carbons (Fsp3) is 1.00. The van der Waals surface area contributed by atoms with E-state index >= 15 is 0 Å². The van der Waals surface area contributed by atoms with E-state index in [1.165, 1.54) is 11.4 Å². The van der Waals surface area contributed by atoms with Crippen molar-refractivity contribution in [2.24, 2.45) is 5.84 Å². The Kier molecular flexibility index (Phi) is 4.58. The molecule has 0 heterocycles. The van der Waals surface area contributed by atoms with E-state index in [9.17, 15) is 8.42 Å². The van der Waals surface area contributed by atoms with Gasteiger partial charge in [-0.25, -0.2) is 0 Å². The van der Waals surface area contributed by atoms with Gasteiger partial charge in [0, 0.05) is 13.6 Å². The monoisotopic (exact) mass is 181 g/mol. The van der Waals surface area contributed by atoms with Gasteiger partial charge in [0.25, 0.3) is 10.2 Å². The van der Waals surface area contributed by atoms with Gasteiger partial charge in [0.1, 0.15) is 0 Å². The smallest absolute Gasteiger partial charge is 0.257 e. The average Bonchev–Trinajstić information content (AvgIpc) is 2.00. The van der Waals surface area contributed by atoms with E-state index in [1.54, 1.807) is 4.83 Å². The highest BCUT2D eigenvalue weighted by Crippen LogP contribution is 1.95. The first-order chi connectivity index (χ1) is 5.04. The normalized spacial score (nSPS) is 12.4. The van der Waals surface area contributed by atoms with Crippen LogP contribution in [0.25, 0.3) is 0 Å². The van der Waals surface area contributed by atoms with Crippen molar-refractivity contribution in [2.75, 3.05) is 13.6 Å². The predicted molar refractivity (Wildman–Crippen MR) is 43.8 cm³/mol. The van der Waals surface area contributed by atoms with Gasteiger partial charge in [0.2, 0.25) is 0 Å². The number of nitrogens with two attached hydrogens (primary N) is 1. The van der Waals surface area contributed by atoms with Crippen molar-refractivity contribution < 1.29 is 8.42 Å². The van der Waals surface area contributed by atoms with Crippen molar-refractivity contribution >= 4 is 10.2 Å². The minimum Gasteiger partial charge on any atom is -0.257 e. The van der Waals surface area contributed by atoms with Crippen LogP contribution in [0.15, 0.2) is 0 Å². The summed E-state index contributed by atoms with van der Waals surface area (Å²) in [5.41, 5.74) is 0. The summed E-state index contributed by atoms with van der Waals surface area (Å²) in [5.74, 6) is 4.80. The first kappa shape index (κ1) is 10.8. The van der Waals surface area contributed by atoms with Gasteiger partial charge in [0.05, 0.1) is 0 Å². The Morgan fingerprint density at radius 3 is 2.45 bits per heavy atom. The lowest BCUT2D eigenvalue weighted by molar-refractivity contribution is 0.450. The molecule has 0 aromatic heterocycles. The third-order valence-corrected chi connectivity index (χ3v) is 2.69. The van der Waals surface area contributed by atoms with E-state index in [1.807, 2.05) is 6.92 Å². The molecular formula is C5H15N3O2S. The maximum absolute atomic E-state index is 10.9. The molecule has 0 saturated carbocycles. The second kappa shape index (κ2) is 4.66. The quantitative estimate of drug-likeness (QED) is 0.440. The maximum atomic E-state index is 10.9. The third kappa shape index (κ3) is 3.66. The summed E-state index contributed by atoms with van der Waals surface area (Å²) in [4.78, 5) is 1.75. The Labute approximate surface area is 67.7 Å². The van der Waals surface area contributed by atoms with Crippen LogP contribution < -0.4 is 10.7 Å². The molecule has 0 rings (SSSR count). The van der Waals surface area contributed by atoms with Crippen LogP contribution in [0.2, 0.25) is 0 Å². The average molecular weight is 181 g/mol. The van der Waals surface area contributed by atoms with Crippen LogP contribution >= 0.6 is 0 Å². The summed E-state index contributed by atoms with van der Waals surface area (Å²) in [6.45, 7) is 2.50. The molecule has 0 radical (unpaired) electrons. The zero-order valence-electron chi connectivity index (χ0n) is 6.87. The minimum atomic E-state index is -3.41. The van der Waals surface area contributed by atoms with Crippen LogP contribution in [0.1, 0.15) is 19.8 Å². The van der Waals surface area contributed by atoms with Crippen LogP contribution in [0.5, 0.6) is 0 Å². The molecule has 0 aromatic rings. The first-order valence-corrected chi connectivity index (χ1v) is 4.92. The van der Waals surface area contributed by atoms with Crippen LogP contribution in [0, 0.1) is 0 Å². The van der Waals surface area contributed by atoms with Gasteiger partial charge >= 0.3 is 0 Å². The van der Waals surface area contributed by atoms with Crippen molar-refractivity contribution in [2.45, 2.75) is 19.8 Å². The van der Waals surface area contributed by atoms with Gasteiger partial charge in [-0.05, 0) is 6.42 Å². The van der Waals surface area contributed by atoms with Gasteiger partial charge in [-0.3, -0.25) is 5.84 Å². The highest BCUT2D eigenvalue weighted by molar-refractivity contribution is 7.87. The number of hydrazine groups is 1. The maximum Gasteiger partial charge on any atom is 0.291 e. The molecule has 0 aliphatic carbocycles. The Balaban J connectivity index is 3.93. The summed E-state index contributed by atoms with van der Waals surface area (Å²) >= 11 is 0. The fourth-order valence-corrected chi connectivity index (χ4v) is 1.14. The van der Waals surface area contributed by atoms with E-state index in [0.717, 1.165) is 12.8 Å². The number of nitrogens with one attached hydrogen (secondary N) is 1. The summed E-state index contributed by atoms with van der Waals surface area (Å²) in [7, 11) is -1.92. The molecule has 5 nitrogen and oxygen atoms in total. The van der Waals surface area contributed by atoms with Crippen molar-refractivity contribution in [3.8, 4) is 0 Å². The molecule has 11 heavy (non-hydrogen) atoms. The molecular weight excluding hydrogens is 166 g/mol. The molecule has 0 fully saturated rings. The Morgan fingerprint density at radius 2 is 2.09 bits per heavy atom. The summed E-state index contributed by atoms with van der Waals surface area (Å²) < 4.78 is 23.0. The fourth-order valence-electron chi connectivity index (χ4n) is 0.591. The Hall–Kier alpha value is -0.170. The van der Waals surface area contributed by atoms with E-state index in [4.69, 9.17) is 5.84 Å². The van der Waals surface area contributed by atoms with Crippen LogP contribution in [0.4, 0.5) is 0 Å². The lowest BCUT2D eigenvalue weighted by Crippen LogP contribution is -2.42. The second-order valence-electron chi connectivity index (χ2n) is 2.30. The number of rotatable bonds is 5. The molecule has 0 saturated heterocycles. The van der Waals surface area contributed by atoms with E-state index < -0.39 is 10.2 Å².